The number of fused-ring (bicyclic) bond motifs is 3. The van der Waals surface area contributed by atoms with E-state index in [0.29, 0.717) is 11.5 Å². The summed E-state index contributed by atoms with van der Waals surface area (Å²) in [4.78, 5) is 4.53. The Kier molecular flexibility index (Phi) is 4.60. The van der Waals surface area contributed by atoms with E-state index < -0.39 is 0 Å². The van der Waals surface area contributed by atoms with Gasteiger partial charge in [0.1, 0.15) is 22.9 Å². The minimum Gasteiger partial charge on any atom is -0.456 e. The third-order valence-corrected chi connectivity index (χ3v) is 4.73. The number of rotatable bonds is 2. The van der Waals surface area contributed by atoms with Gasteiger partial charge in [-0.15, -0.1) is 35.9 Å². The molecule has 2 aromatic heterocycles. The molecular weight excluding hydrogens is 526 g/mol. The fourth-order valence-corrected chi connectivity index (χ4v) is 3.54. The van der Waals surface area contributed by atoms with Crippen LogP contribution in [0.15, 0.2) is 71.3 Å². The zero-order valence-electron chi connectivity index (χ0n) is 14.9. The fourth-order valence-electron chi connectivity index (χ4n) is 3.54. The van der Waals surface area contributed by atoms with E-state index in [2.05, 4.69) is 30.1 Å². The molecular formula is C23H14IrN3O-. The summed E-state index contributed by atoms with van der Waals surface area (Å²) in [5.41, 5.74) is 4.90. The van der Waals surface area contributed by atoms with E-state index in [0.717, 1.165) is 38.8 Å². The van der Waals surface area contributed by atoms with Gasteiger partial charge < -0.3 is 8.98 Å². The molecule has 1 radical (unpaired) electrons. The molecule has 0 atom stereocenters. The van der Waals surface area contributed by atoms with Crippen molar-refractivity contribution in [3.05, 3.63) is 84.2 Å². The number of imidazole rings is 1. The average Bonchev–Trinajstić information content (AvgIpc) is 3.30. The van der Waals surface area contributed by atoms with E-state index in [4.69, 9.17) is 4.42 Å². The van der Waals surface area contributed by atoms with Gasteiger partial charge in [0, 0.05) is 31.7 Å². The first-order valence-corrected chi connectivity index (χ1v) is 8.64. The van der Waals surface area contributed by atoms with Crippen LogP contribution >= 0.6 is 0 Å². The van der Waals surface area contributed by atoms with Crippen molar-refractivity contribution in [2.45, 2.75) is 6.92 Å². The molecule has 28 heavy (non-hydrogen) atoms. The monoisotopic (exact) mass is 541 g/mol. The van der Waals surface area contributed by atoms with Crippen LogP contribution in [0.25, 0.3) is 39.0 Å². The first kappa shape index (κ1) is 18.2. The van der Waals surface area contributed by atoms with Gasteiger partial charge >= 0.3 is 0 Å². The third kappa shape index (κ3) is 2.75. The molecule has 0 amide bonds. The molecule has 3 aromatic carbocycles. The molecule has 0 aliphatic carbocycles. The Labute approximate surface area is 175 Å². The molecule has 5 rings (SSSR count). The predicted molar refractivity (Wildman–Crippen MR) is 105 cm³/mol. The van der Waals surface area contributed by atoms with Crippen LogP contribution in [0.3, 0.4) is 0 Å². The van der Waals surface area contributed by atoms with Crippen LogP contribution in [-0.2, 0) is 20.1 Å². The summed E-state index contributed by atoms with van der Waals surface area (Å²) in [6, 6.07) is 25.0. The van der Waals surface area contributed by atoms with E-state index in [1.54, 1.807) is 6.20 Å². The summed E-state index contributed by atoms with van der Waals surface area (Å²) < 4.78 is 8.02. The van der Waals surface area contributed by atoms with Gasteiger partial charge in [-0.05, 0) is 24.6 Å². The van der Waals surface area contributed by atoms with E-state index in [1.165, 1.54) is 0 Å². The molecule has 5 heteroatoms. The SMILES string of the molecule is Cc1ccc2oc3ccccc3c2c1-n1cc(C#N)nc1-c1[c-]cccc1.[Ir]. The Bertz CT molecular complexity index is 1340. The second-order valence-corrected chi connectivity index (χ2v) is 6.41. The normalized spacial score (nSPS) is 10.7. The van der Waals surface area contributed by atoms with E-state index in [-0.39, 0.29) is 20.1 Å². The Morgan fingerprint density at radius 3 is 2.64 bits per heavy atom. The van der Waals surface area contributed by atoms with Crippen molar-refractivity contribution in [2.75, 3.05) is 0 Å². The van der Waals surface area contributed by atoms with Gasteiger partial charge in [-0.2, -0.15) is 5.26 Å². The van der Waals surface area contributed by atoms with Crippen LogP contribution in [0.2, 0.25) is 0 Å². The van der Waals surface area contributed by atoms with Gasteiger partial charge in [-0.3, -0.25) is 4.98 Å². The molecule has 0 fully saturated rings. The topological polar surface area (TPSA) is 54.8 Å². The predicted octanol–water partition coefficient (Wildman–Crippen LogP) is 5.42. The van der Waals surface area contributed by atoms with E-state index in [1.807, 2.05) is 59.2 Å². The van der Waals surface area contributed by atoms with Gasteiger partial charge in [-0.1, -0.05) is 24.3 Å². The van der Waals surface area contributed by atoms with Crippen LogP contribution < -0.4 is 0 Å². The first-order valence-electron chi connectivity index (χ1n) is 8.64. The number of para-hydroxylation sites is 1. The smallest absolute Gasteiger partial charge is 0.148 e. The maximum absolute atomic E-state index is 9.43. The molecule has 0 spiro atoms. The van der Waals surface area contributed by atoms with Crippen LogP contribution in [0.1, 0.15) is 11.3 Å². The van der Waals surface area contributed by atoms with Gasteiger partial charge in [0.05, 0.1) is 16.9 Å². The minimum absolute atomic E-state index is 0. The molecule has 0 saturated carbocycles. The van der Waals surface area contributed by atoms with Crippen molar-refractivity contribution >= 4 is 21.9 Å². The number of hydrogen-bond acceptors (Lipinski definition) is 3. The molecule has 0 aliphatic rings. The van der Waals surface area contributed by atoms with E-state index >= 15 is 0 Å². The molecule has 0 unspecified atom stereocenters. The maximum Gasteiger partial charge on any atom is 0.148 e. The van der Waals surface area contributed by atoms with Gasteiger partial charge in [0.25, 0.3) is 0 Å². The van der Waals surface area contributed by atoms with Crippen molar-refractivity contribution in [2.24, 2.45) is 0 Å². The van der Waals surface area contributed by atoms with Crippen molar-refractivity contribution in [3.8, 4) is 23.1 Å². The third-order valence-electron chi connectivity index (χ3n) is 4.73. The number of hydrogen-bond donors (Lipinski definition) is 0. The fraction of sp³-hybridized carbons (Fsp3) is 0.0435. The summed E-state index contributed by atoms with van der Waals surface area (Å²) in [5, 5.41) is 11.5. The molecule has 0 saturated heterocycles. The molecule has 4 nitrogen and oxygen atoms in total. The Morgan fingerprint density at radius 1 is 1.04 bits per heavy atom. The summed E-state index contributed by atoms with van der Waals surface area (Å²) in [5.74, 6) is 0.688. The zero-order chi connectivity index (χ0) is 18.4. The first-order chi connectivity index (χ1) is 13.3. The zero-order valence-corrected chi connectivity index (χ0v) is 17.3. The minimum atomic E-state index is 0. The van der Waals surface area contributed by atoms with Gasteiger partial charge in [-0.25, -0.2) is 0 Å². The van der Waals surface area contributed by atoms with Crippen molar-refractivity contribution < 1.29 is 24.5 Å². The Morgan fingerprint density at radius 2 is 1.86 bits per heavy atom. The Hall–Kier alpha value is -3.19. The summed E-state index contributed by atoms with van der Waals surface area (Å²) in [6.45, 7) is 2.06. The van der Waals surface area contributed by atoms with Crippen LogP contribution in [0, 0.1) is 24.3 Å². The summed E-state index contributed by atoms with van der Waals surface area (Å²) in [6.07, 6.45) is 1.78. The van der Waals surface area contributed by atoms with E-state index in [9.17, 15) is 5.26 Å². The van der Waals surface area contributed by atoms with Gasteiger partial charge in [0.15, 0.2) is 0 Å². The van der Waals surface area contributed by atoms with Crippen molar-refractivity contribution in [1.29, 1.82) is 5.26 Å². The molecule has 0 bridgehead atoms. The average molecular weight is 541 g/mol. The number of nitriles is 1. The second kappa shape index (κ2) is 7.09. The standard InChI is InChI=1S/C23H14N3O.Ir/c1-15-11-12-20-21(18-9-5-6-10-19(18)27-20)22(15)26-14-17(13-24)25-23(26)16-7-3-2-4-8-16;/h2-7,9-12,14H,1H3;/q-1;. The number of aryl methyl sites for hydroxylation is 1. The molecule has 137 valence electrons. The quantitative estimate of drug-likeness (QED) is 0.281. The number of aromatic nitrogens is 2. The Balaban J connectivity index is 0.00000192. The van der Waals surface area contributed by atoms with Crippen molar-refractivity contribution in [1.82, 2.24) is 9.55 Å². The van der Waals surface area contributed by atoms with Crippen LogP contribution in [0.4, 0.5) is 0 Å². The number of furan rings is 1. The molecule has 2 heterocycles. The maximum atomic E-state index is 9.43. The van der Waals surface area contributed by atoms with Crippen molar-refractivity contribution in [3.63, 3.8) is 0 Å². The second-order valence-electron chi connectivity index (χ2n) is 6.41. The summed E-state index contributed by atoms with van der Waals surface area (Å²) in [7, 11) is 0. The summed E-state index contributed by atoms with van der Waals surface area (Å²) >= 11 is 0. The molecule has 0 aliphatic heterocycles. The van der Waals surface area contributed by atoms with Crippen LogP contribution in [-0.4, -0.2) is 9.55 Å². The largest absolute Gasteiger partial charge is 0.456 e. The molecule has 0 N–H and O–H groups in total. The molecule has 5 aromatic rings. The number of nitrogens with zero attached hydrogens (tertiary/aromatic N) is 3. The van der Waals surface area contributed by atoms with Gasteiger partial charge in [0.2, 0.25) is 0 Å². The van der Waals surface area contributed by atoms with Crippen LogP contribution in [0.5, 0.6) is 0 Å². The number of benzene rings is 3.